The molecule has 0 spiro atoms. The molecule has 0 aliphatic heterocycles. The Labute approximate surface area is 243 Å². The zero-order chi connectivity index (χ0) is 30.2. The fraction of sp³-hybridized carbons (Fsp3) is 0.375. The first-order valence-corrected chi connectivity index (χ1v) is 15.6. The first kappa shape index (κ1) is 31.8. The van der Waals surface area contributed by atoms with E-state index in [1.807, 2.05) is 70.2 Å². The van der Waals surface area contributed by atoms with Crippen LogP contribution in [0, 0.1) is 19.7 Å². The van der Waals surface area contributed by atoms with E-state index in [1.54, 1.807) is 18.2 Å². The fourth-order valence-corrected chi connectivity index (χ4v) is 5.73. The van der Waals surface area contributed by atoms with Crippen molar-refractivity contribution >= 4 is 27.5 Å². The minimum Gasteiger partial charge on any atom is -0.352 e. The fourth-order valence-electron chi connectivity index (χ4n) is 4.71. The quantitative estimate of drug-likeness (QED) is 0.302. The lowest BCUT2D eigenvalue weighted by Gasteiger charge is -2.32. The predicted molar refractivity (Wildman–Crippen MR) is 162 cm³/mol. The molecule has 0 fully saturated rings. The molecule has 9 heteroatoms. The van der Waals surface area contributed by atoms with Crippen molar-refractivity contribution in [2.24, 2.45) is 0 Å². The second kappa shape index (κ2) is 14.3. The van der Waals surface area contributed by atoms with Crippen LogP contribution in [-0.2, 0) is 32.6 Å². The van der Waals surface area contributed by atoms with E-state index in [1.165, 1.54) is 21.3 Å². The van der Waals surface area contributed by atoms with Gasteiger partial charge in [0.1, 0.15) is 11.9 Å². The summed E-state index contributed by atoms with van der Waals surface area (Å²) in [5.74, 6) is -0.964. The SMILES string of the molecule is Cc1cccc(N(CCCC(=O)N(Cc2ccc(F)cc2)[C@H](Cc2ccccc2)C(=O)NC(C)C)S(C)(=O)=O)c1C. The van der Waals surface area contributed by atoms with E-state index < -0.39 is 21.9 Å². The lowest BCUT2D eigenvalue weighted by molar-refractivity contribution is -0.141. The van der Waals surface area contributed by atoms with Crippen molar-refractivity contribution in [3.63, 3.8) is 0 Å². The van der Waals surface area contributed by atoms with Gasteiger partial charge in [0.2, 0.25) is 21.8 Å². The van der Waals surface area contributed by atoms with Crippen molar-refractivity contribution in [2.45, 2.75) is 65.6 Å². The van der Waals surface area contributed by atoms with E-state index in [4.69, 9.17) is 0 Å². The standard InChI is InChI=1S/C32H40FN3O4S/c1-23(2)34-32(38)30(21-26-12-7-6-8-13-26)35(22-27-16-18-28(33)19-17-27)31(37)15-10-20-36(41(5,39)40)29-14-9-11-24(3)25(29)4/h6-9,11-14,16-19,23,30H,10,15,20-22H2,1-5H3,(H,34,38)/t30-/m1/s1. The number of carbonyl (C=O) groups is 2. The van der Waals surface area contributed by atoms with Crippen LogP contribution in [0.3, 0.4) is 0 Å². The number of aryl methyl sites for hydroxylation is 1. The smallest absolute Gasteiger partial charge is 0.243 e. The lowest BCUT2D eigenvalue weighted by Crippen LogP contribution is -2.51. The van der Waals surface area contributed by atoms with Crippen molar-refractivity contribution < 1.29 is 22.4 Å². The average molecular weight is 582 g/mol. The molecule has 1 N–H and O–H groups in total. The molecule has 220 valence electrons. The Morgan fingerprint density at radius 2 is 1.56 bits per heavy atom. The van der Waals surface area contributed by atoms with E-state index in [-0.39, 0.29) is 43.8 Å². The monoisotopic (exact) mass is 581 g/mol. The molecule has 2 amide bonds. The second-order valence-electron chi connectivity index (χ2n) is 10.7. The van der Waals surface area contributed by atoms with Crippen LogP contribution in [0.1, 0.15) is 48.9 Å². The number of hydrogen-bond acceptors (Lipinski definition) is 4. The van der Waals surface area contributed by atoms with Crippen LogP contribution in [0.2, 0.25) is 0 Å². The van der Waals surface area contributed by atoms with Gasteiger partial charge in [-0.1, -0.05) is 54.6 Å². The highest BCUT2D eigenvalue weighted by Crippen LogP contribution is 2.26. The number of nitrogens with zero attached hydrogens (tertiary/aromatic N) is 2. The van der Waals surface area contributed by atoms with Gasteiger partial charge >= 0.3 is 0 Å². The zero-order valence-corrected chi connectivity index (χ0v) is 25.2. The lowest BCUT2D eigenvalue weighted by atomic mass is 10.0. The molecule has 0 aliphatic rings. The van der Waals surface area contributed by atoms with E-state index in [9.17, 15) is 22.4 Å². The van der Waals surface area contributed by atoms with Gasteiger partial charge in [0.05, 0.1) is 11.9 Å². The summed E-state index contributed by atoms with van der Waals surface area (Å²) in [5.41, 5.74) is 3.99. The van der Waals surface area contributed by atoms with Crippen molar-refractivity contribution in [1.29, 1.82) is 0 Å². The molecule has 0 heterocycles. The minimum atomic E-state index is -3.60. The van der Waals surface area contributed by atoms with Crippen molar-refractivity contribution in [3.8, 4) is 0 Å². The van der Waals surface area contributed by atoms with Crippen molar-refractivity contribution in [2.75, 3.05) is 17.1 Å². The number of carbonyl (C=O) groups excluding carboxylic acids is 2. The van der Waals surface area contributed by atoms with E-state index in [0.717, 1.165) is 22.9 Å². The summed E-state index contributed by atoms with van der Waals surface area (Å²) in [7, 11) is -3.60. The summed E-state index contributed by atoms with van der Waals surface area (Å²) in [6.45, 7) is 7.73. The van der Waals surface area contributed by atoms with Crippen LogP contribution in [0.5, 0.6) is 0 Å². The molecule has 3 rings (SSSR count). The van der Waals surface area contributed by atoms with E-state index in [0.29, 0.717) is 17.7 Å². The molecule has 0 radical (unpaired) electrons. The number of rotatable bonds is 13. The highest BCUT2D eigenvalue weighted by Gasteiger charge is 2.31. The predicted octanol–water partition coefficient (Wildman–Crippen LogP) is 5.15. The maximum atomic E-state index is 13.8. The highest BCUT2D eigenvalue weighted by molar-refractivity contribution is 7.92. The Kier molecular flexibility index (Phi) is 11.1. The zero-order valence-electron chi connectivity index (χ0n) is 24.4. The van der Waals surface area contributed by atoms with E-state index >= 15 is 0 Å². The van der Waals surface area contributed by atoms with Crippen molar-refractivity contribution in [3.05, 3.63) is 101 Å². The number of hydrogen-bond donors (Lipinski definition) is 1. The molecule has 41 heavy (non-hydrogen) atoms. The van der Waals surface area contributed by atoms with Gasteiger partial charge in [-0.15, -0.1) is 0 Å². The topological polar surface area (TPSA) is 86.8 Å². The molecule has 7 nitrogen and oxygen atoms in total. The molecule has 1 atom stereocenters. The Balaban J connectivity index is 1.89. The number of halogens is 1. The third kappa shape index (κ3) is 9.14. The normalized spacial score (nSPS) is 12.2. The summed E-state index contributed by atoms with van der Waals surface area (Å²) >= 11 is 0. The number of benzene rings is 3. The number of nitrogens with one attached hydrogen (secondary N) is 1. The van der Waals surface area contributed by atoms with Crippen LogP contribution < -0.4 is 9.62 Å². The Morgan fingerprint density at radius 3 is 2.17 bits per heavy atom. The molecule has 3 aromatic rings. The Bertz CT molecular complexity index is 1430. The third-order valence-corrected chi connectivity index (χ3v) is 8.15. The summed E-state index contributed by atoms with van der Waals surface area (Å²) in [6.07, 6.45) is 1.73. The first-order chi connectivity index (χ1) is 19.4. The van der Waals surface area contributed by atoms with Gasteiger partial charge in [-0.25, -0.2) is 12.8 Å². The largest absolute Gasteiger partial charge is 0.352 e. The third-order valence-electron chi connectivity index (χ3n) is 6.97. The number of amides is 2. The molecule has 0 saturated carbocycles. The molecule has 0 saturated heterocycles. The minimum absolute atomic E-state index is 0.0261. The van der Waals surface area contributed by atoms with Gasteiger partial charge in [-0.2, -0.15) is 0 Å². The van der Waals surface area contributed by atoms with Gasteiger partial charge in [0.15, 0.2) is 0 Å². The Morgan fingerprint density at radius 1 is 0.902 bits per heavy atom. The van der Waals surface area contributed by atoms with Crippen LogP contribution in [-0.4, -0.2) is 50.0 Å². The van der Waals surface area contributed by atoms with Gasteiger partial charge in [-0.3, -0.25) is 13.9 Å². The van der Waals surface area contributed by atoms with Gasteiger partial charge in [0.25, 0.3) is 0 Å². The Hall–Kier alpha value is -3.72. The van der Waals surface area contributed by atoms with Crippen LogP contribution >= 0.6 is 0 Å². The van der Waals surface area contributed by atoms with Gasteiger partial charge < -0.3 is 10.2 Å². The molecular weight excluding hydrogens is 541 g/mol. The van der Waals surface area contributed by atoms with Gasteiger partial charge in [0, 0.05) is 32.0 Å². The maximum Gasteiger partial charge on any atom is 0.243 e. The van der Waals surface area contributed by atoms with E-state index in [2.05, 4.69) is 5.32 Å². The molecule has 0 bridgehead atoms. The summed E-state index contributed by atoms with van der Waals surface area (Å²) in [5, 5.41) is 2.94. The van der Waals surface area contributed by atoms with Crippen molar-refractivity contribution in [1.82, 2.24) is 10.2 Å². The average Bonchev–Trinajstić information content (AvgIpc) is 2.91. The summed E-state index contributed by atoms with van der Waals surface area (Å²) < 4.78 is 40.4. The molecule has 0 unspecified atom stereocenters. The first-order valence-electron chi connectivity index (χ1n) is 13.8. The summed E-state index contributed by atoms with van der Waals surface area (Å²) in [6, 6.07) is 19.9. The second-order valence-corrected chi connectivity index (χ2v) is 12.6. The van der Waals surface area contributed by atoms with Gasteiger partial charge in [-0.05, 0) is 74.6 Å². The highest BCUT2D eigenvalue weighted by atomic mass is 32.2. The van der Waals surface area contributed by atoms with Crippen LogP contribution in [0.4, 0.5) is 10.1 Å². The molecule has 0 aliphatic carbocycles. The summed E-state index contributed by atoms with van der Waals surface area (Å²) in [4.78, 5) is 28.8. The van der Waals surface area contributed by atoms with Crippen LogP contribution in [0.15, 0.2) is 72.8 Å². The van der Waals surface area contributed by atoms with Crippen LogP contribution in [0.25, 0.3) is 0 Å². The number of anilines is 1. The number of sulfonamides is 1. The molecule has 3 aromatic carbocycles. The molecular formula is C32H40FN3O4S. The molecule has 0 aromatic heterocycles. The maximum absolute atomic E-state index is 13.8.